The highest BCUT2D eigenvalue weighted by molar-refractivity contribution is 5.94. The van der Waals surface area contributed by atoms with Gasteiger partial charge in [0.15, 0.2) is 0 Å². The minimum atomic E-state index is -1.07. The molecular formula is C13H15NO4. The topological polar surface area (TPSA) is 75.6 Å². The molecule has 0 aromatic heterocycles. The van der Waals surface area contributed by atoms with E-state index in [1.54, 1.807) is 25.3 Å². The Balaban J connectivity index is 2.69. The molecular weight excluding hydrogens is 234 g/mol. The number of hydrogen-bond acceptors (Lipinski definition) is 3. The van der Waals surface area contributed by atoms with Crippen molar-refractivity contribution in [1.29, 1.82) is 0 Å². The molecule has 1 amide bonds. The van der Waals surface area contributed by atoms with Crippen molar-refractivity contribution in [3.8, 4) is 5.75 Å². The van der Waals surface area contributed by atoms with Gasteiger partial charge in [0.2, 0.25) is 5.91 Å². The van der Waals surface area contributed by atoms with E-state index < -0.39 is 17.9 Å². The van der Waals surface area contributed by atoms with Gasteiger partial charge in [0.1, 0.15) is 11.8 Å². The second kappa shape index (κ2) is 6.44. The average molecular weight is 249 g/mol. The number of amides is 1. The largest absolute Gasteiger partial charge is 0.496 e. The summed E-state index contributed by atoms with van der Waals surface area (Å²) in [4.78, 5) is 22.0. The first kappa shape index (κ1) is 13.8. The minimum Gasteiger partial charge on any atom is -0.496 e. The number of rotatable bonds is 5. The number of methoxy groups -OCH3 is 1. The lowest BCUT2D eigenvalue weighted by Gasteiger charge is -2.06. The first-order valence-corrected chi connectivity index (χ1v) is 5.39. The van der Waals surface area contributed by atoms with Crippen LogP contribution in [0.15, 0.2) is 30.3 Å². The highest BCUT2D eigenvalue weighted by Gasteiger charge is 2.11. The van der Waals surface area contributed by atoms with Crippen molar-refractivity contribution in [2.24, 2.45) is 0 Å². The third-order valence-electron chi connectivity index (χ3n) is 2.28. The van der Waals surface area contributed by atoms with Gasteiger partial charge in [0.25, 0.3) is 0 Å². The SMILES string of the molecule is COc1ccccc1/C=C/C(=O)NC(C)C(=O)O. The Kier molecular flexibility index (Phi) is 4.92. The predicted molar refractivity (Wildman–Crippen MR) is 67.3 cm³/mol. The summed E-state index contributed by atoms with van der Waals surface area (Å²) >= 11 is 0. The van der Waals surface area contributed by atoms with Gasteiger partial charge in [-0.3, -0.25) is 9.59 Å². The molecule has 2 N–H and O–H groups in total. The van der Waals surface area contributed by atoms with Gasteiger partial charge in [-0.25, -0.2) is 0 Å². The summed E-state index contributed by atoms with van der Waals surface area (Å²) < 4.78 is 5.12. The summed E-state index contributed by atoms with van der Waals surface area (Å²) in [5.74, 6) is -0.891. The molecule has 1 unspecified atom stereocenters. The van der Waals surface area contributed by atoms with Gasteiger partial charge < -0.3 is 15.2 Å². The Bertz CT molecular complexity index is 468. The molecule has 0 saturated carbocycles. The Labute approximate surface area is 105 Å². The molecule has 1 rings (SSSR count). The Morgan fingerprint density at radius 2 is 2.06 bits per heavy atom. The zero-order valence-corrected chi connectivity index (χ0v) is 10.2. The predicted octanol–water partition coefficient (Wildman–Crippen LogP) is 1.30. The Morgan fingerprint density at radius 3 is 2.67 bits per heavy atom. The fourth-order valence-corrected chi connectivity index (χ4v) is 1.29. The van der Waals surface area contributed by atoms with Crippen molar-refractivity contribution in [3.05, 3.63) is 35.9 Å². The molecule has 18 heavy (non-hydrogen) atoms. The molecule has 5 heteroatoms. The average Bonchev–Trinajstić information content (AvgIpc) is 2.36. The standard InChI is InChI=1S/C13H15NO4/c1-9(13(16)17)14-12(15)8-7-10-5-3-4-6-11(10)18-2/h3-9H,1-2H3,(H,14,15)(H,16,17)/b8-7+. The molecule has 0 heterocycles. The van der Waals surface area contributed by atoms with Crippen molar-refractivity contribution in [2.75, 3.05) is 7.11 Å². The summed E-state index contributed by atoms with van der Waals surface area (Å²) in [6.07, 6.45) is 2.85. The number of benzene rings is 1. The maximum Gasteiger partial charge on any atom is 0.325 e. The van der Waals surface area contributed by atoms with Crippen LogP contribution in [0.5, 0.6) is 5.75 Å². The van der Waals surface area contributed by atoms with Gasteiger partial charge in [-0.2, -0.15) is 0 Å². The summed E-state index contributed by atoms with van der Waals surface area (Å²) in [6.45, 7) is 1.40. The summed E-state index contributed by atoms with van der Waals surface area (Å²) in [5.41, 5.74) is 0.748. The molecule has 0 bridgehead atoms. The third kappa shape index (κ3) is 3.93. The molecule has 0 aliphatic rings. The van der Waals surface area contributed by atoms with Crippen LogP contribution in [0.3, 0.4) is 0 Å². The first-order chi connectivity index (χ1) is 8.54. The number of para-hydroxylation sites is 1. The van der Waals surface area contributed by atoms with Crippen molar-refractivity contribution in [3.63, 3.8) is 0 Å². The Hall–Kier alpha value is -2.30. The molecule has 5 nitrogen and oxygen atoms in total. The molecule has 0 fully saturated rings. The summed E-state index contributed by atoms with van der Waals surface area (Å²) in [6, 6.07) is 6.29. The van der Waals surface area contributed by atoms with Crippen LogP contribution in [0.25, 0.3) is 6.08 Å². The van der Waals surface area contributed by atoms with Crippen molar-refractivity contribution >= 4 is 18.0 Å². The lowest BCUT2D eigenvalue weighted by molar-refractivity contribution is -0.140. The van der Waals surface area contributed by atoms with Crippen LogP contribution < -0.4 is 10.1 Å². The highest BCUT2D eigenvalue weighted by atomic mass is 16.5. The van der Waals surface area contributed by atoms with Gasteiger partial charge in [-0.05, 0) is 19.1 Å². The van der Waals surface area contributed by atoms with Crippen LogP contribution in [0.4, 0.5) is 0 Å². The highest BCUT2D eigenvalue weighted by Crippen LogP contribution is 2.18. The molecule has 0 aliphatic carbocycles. The zero-order chi connectivity index (χ0) is 13.5. The number of carbonyl (C=O) groups is 2. The number of ether oxygens (including phenoxy) is 1. The monoisotopic (exact) mass is 249 g/mol. The van der Waals surface area contributed by atoms with E-state index in [1.807, 2.05) is 12.1 Å². The lowest BCUT2D eigenvalue weighted by atomic mass is 10.2. The van der Waals surface area contributed by atoms with E-state index in [1.165, 1.54) is 13.0 Å². The maximum absolute atomic E-state index is 11.4. The number of aliphatic carboxylic acids is 1. The minimum absolute atomic E-state index is 0.462. The molecule has 0 spiro atoms. The second-order valence-electron chi connectivity index (χ2n) is 3.64. The van der Waals surface area contributed by atoms with Gasteiger partial charge in [-0.15, -0.1) is 0 Å². The van der Waals surface area contributed by atoms with E-state index in [9.17, 15) is 9.59 Å². The van der Waals surface area contributed by atoms with Crippen LogP contribution in [-0.4, -0.2) is 30.1 Å². The number of hydrogen-bond donors (Lipinski definition) is 2. The van der Waals surface area contributed by atoms with E-state index >= 15 is 0 Å². The van der Waals surface area contributed by atoms with Crippen LogP contribution in [-0.2, 0) is 9.59 Å². The fourth-order valence-electron chi connectivity index (χ4n) is 1.29. The number of carboxylic acids is 1. The summed E-state index contributed by atoms with van der Waals surface area (Å²) in [5, 5.41) is 11.0. The van der Waals surface area contributed by atoms with Gasteiger partial charge >= 0.3 is 5.97 Å². The third-order valence-corrected chi connectivity index (χ3v) is 2.28. The van der Waals surface area contributed by atoms with Gasteiger partial charge in [0.05, 0.1) is 7.11 Å². The van der Waals surface area contributed by atoms with Crippen LogP contribution >= 0.6 is 0 Å². The van der Waals surface area contributed by atoms with Crippen molar-refractivity contribution in [2.45, 2.75) is 13.0 Å². The fraction of sp³-hybridized carbons (Fsp3) is 0.231. The quantitative estimate of drug-likeness (QED) is 0.771. The van der Waals surface area contributed by atoms with E-state index in [2.05, 4.69) is 5.32 Å². The summed E-state index contributed by atoms with van der Waals surface area (Å²) in [7, 11) is 1.54. The number of carboxylic acid groups (broad SMARTS) is 1. The molecule has 96 valence electrons. The molecule has 1 aromatic carbocycles. The van der Waals surface area contributed by atoms with Crippen LogP contribution in [0.1, 0.15) is 12.5 Å². The van der Waals surface area contributed by atoms with E-state index in [0.29, 0.717) is 5.75 Å². The van der Waals surface area contributed by atoms with Crippen molar-refractivity contribution in [1.82, 2.24) is 5.32 Å². The molecule has 1 aromatic rings. The lowest BCUT2D eigenvalue weighted by Crippen LogP contribution is -2.37. The van der Waals surface area contributed by atoms with E-state index in [-0.39, 0.29) is 0 Å². The molecule has 1 atom stereocenters. The van der Waals surface area contributed by atoms with E-state index in [0.717, 1.165) is 5.56 Å². The van der Waals surface area contributed by atoms with Crippen LogP contribution in [0, 0.1) is 0 Å². The van der Waals surface area contributed by atoms with Gasteiger partial charge in [0, 0.05) is 11.6 Å². The number of carbonyl (C=O) groups excluding carboxylic acids is 1. The Morgan fingerprint density at radius 1 is 1.39 bits per heavy atom. The van der Waals surface area contributed by atoms with E-state index in [4.69, 9.17) is 9.84 Å². The van der Waals surface area contributed by atoms with Crippen LogP contribution in [0.2, 0.25) is 0 Å². The van der Waals surface area contributed by atoms with Crippen molar-refractivity contribution < 1.29 is 19.4 Å². The van der Waals surface area contributed by atoms with Gasteiger partial charge in [-0.1, -0.05) is 18.2 Å². The smallest absolute Gasteiger partial charge is 0.325 e. The zero-order valence-electron chi connectivity index (χ0n) is 10.2. The number of nitrogens with one attached hydrogen (secondary N) is 1. The normalized spacial score (nSPS) is 12.1. The molecule has 0 saturated heterocycles. The molecule has 0 radical (unpaired) electrons. The maximum atomic E-state index is 11.4. The second-order valence-corrected chi connectivity index (χ2v) is 3.64. The first-order valence-electron chi connectivity index (χ1n) is 5.39. The molecule has 0 aliphatic heterocycles.